The summed E-state index contributed by atoms with van der Waals surface area (Å²) < 4.78 is 0. The summed E-state index contributed by atoms with van der Waals surface area (Å²) >= 11 is 0. The molecule has 0 saturated heterocycles. The monoisotopic (exact) mass is 272 g/mol. The summed E-state index contributed by atoms with van der Waals surface area (Å²) in [6.45, 7) is 4.93. The van der Waals surface area contributed by atoms with Gasteiger partial charge in [-0.3, -0.25) is 0 Å². The van der Waals surface area contributed by atoms with E-state index in [-0.39, 0.29) is 16.9 Å². The highest BCUT2D eigenvalue weighted by atomic mass is 16.3. The maximum atomic E-state index is 9.88. The minimum absolute atomic E-state index is 0.00379. The fourth-order valence-electron chi connectivity index (χ4n) is 6.62. The highest BCUT2D eigenvalue weighted by Crippen LogP contribution is 2.69. The van der Waals surface area contributed by atoms with Crippen molar-refractivity contribution in [3.05, 3.63) is 23.8 Å². The Bertz CT molecular complexity index is 559. The maximum absolute atomic E-state index is 9.88. The quantitative estimate of drug-likeness (QED) is 0.746. The van der Waals surface area contributed by atoms with Crippen molar-refractivity contribution in [2.45, 2.75) is 57.8 Å². The molecule has 4 aliphatic rings. The normalized spacial score (nSPS) is 45.8. The molecule has 4 aliphatic carbocycles. The highest BCUT2D eigenvalue weighted by Gasteiger charge is 2.60. The SMILES string of the molecule is CC12CC3CC(C)(C1)CC(c1ccc(O)c(O)c1)(C3)C2. The third-order valence-corrected chi connectivity index (χ3v) is 6.21. The summed E-state index contributed by atoms with van der Waals surface area (Å²) in [6.07, 6.45) is 7.89. The van der Waals surface area contributed by atoms with Gasteiger partial charge in [0.15, 0.2) is 11.5 Å². The molecule has 1 aromatic rings. The number of phenols is 2. The van der Waals surface area contributed by atoms with Gasteiger partial charge >= 0.3 is 0 Å². The van der Waals surface area contributed by atoms with Gasteiger partial charge in [-0.05, 0) is 78.4 Å². The number of hydrogen-bond donors (Lipinski definition) is 2. The van der Waals surface area contributed by atoms with Crippen molar-refractivity contribution >= 4 is 0 Å². The molecular weight excluding hydrogens is 248 g/mol. The lowest BCUT2D eigenvalue weighted by Crippen LogP contribution is -2.56. The fourth-order valence-corrected chi connectivity index (χ4v) is 6.62. The molecule has 0 heterocycles. The molecule has 0 spiro atoms. The Morgan fingerprint density at radius 1 is 0.900 bits per heavy atom. The molecule has 0 radical (unpaired) electrons. The van der Waals surface area contributed by atoms with Crippen LogP contribution in [0.2, 0.25) is 0 Å². The van der Waals surface area contributed by atoms with E-state index in [1.165, 1.54) is 44.1 Å². The van der Waals surface area contributed by atoms with Crippen LogP contribution in [-0.4, -0.2) is 10.2 Å². The summed E-state index contributed by atoms with van der Waals surface area (Å²) in [5, 5.41) is 19.5. The van der Waals surface area contributed by atoms with Crippen molar-refractivity contribution in [3.8, 4) is 11.5 Å². The van der Waals surface area contributed by atoms with Crippen LogP contribution < -0.4 is 0 Å². The molecule has 2 unspecified atom stereocenters. The molecule has 0 aromatic heterocycles. The Hall–Kier alpha value is -1.18. The summed E-state index contributed by atoms with van der Waals surface area (Å²) in [7, 11) is 0. The molecule has 2 heteroatoms. The van der Waals surface area contributed by atoms with Gasteiger partial charge in [0.1, 0.15) is 0 Å². The summed E-state index contributed by atoms with van der Waals surface area (Å²) in [6, 6.07) is 5.51. The lowest BCUT2D eigenvalue weighted by atomic mass is 9.39. The predicted molar refractivity (Wildman–Crippen MR) is 78.9 cm³/mol. The minimum atomic E-state index is -0.00379. The van der Waals surface area contributed by atoms with Gasteiger partial charge in [-0.25, -0.2) is 0 Å². The van der Waals surface area contributed by atoms with Crippen LogP contribution in [0.5, 0.6) is 11.5 Å². The van der Waals surface area contributed by atoms with E-state index in [4.69, 9.17) is 0 Å². The van der Waals surface area contributed by atoms with Crippen LogP contribution in [-0.2, 0) is 5.41 Å². The van der Waals surface area contributed by atoms with Crippen LogP contribution in [0.4, 0.5) is 0 Å². The van der Waals surface area contributed by atoms with E-state index in [1.54, 1.807) is 6.07 Å². The van der Waals surface area contributed by atoms with Crippen LogP contribution in [0.1, 0.15) is 57.9 Å². The van der Waals surface area contributed by atoms with E-state index in [2.05, 4.69) is 13.8 Å². The summed E-state index contributed by atoms with van der Waals surface area (Å²) in [5.41, 5.74) is 2.42. The fraction of sp³-hybridized carbons (Fsp3) is 0.667. The molecule has 2 nitrogen and oxygen atoms in total. The lowest BCUT2D eigenvalue weighted by molar-refractivity contribution is -0.110. The van der Waals surface area contributed by atoms with E-state index < -0.39 is 0 Å². The Morgan fingerprint density at radius 3 is 2.10 bits per heavy atom. The Kier molecular flexibility index (Phi) is 2.21. The van der Waals surface area contributed by atoms with Crippen molar-refractivity contribution in [1.29, 1.82) is 0 Å². The van der Waals surface area contributed by atoms with Gasteiger partial charge in [-0.2, -0.15) is 0 Å². The van der Waals surface area contributed by atoms with E-state index in [1.807, 2.05) is 12.1 Å². The van der Waals surface area contributed by atoms with Crippen molar-refractivity contribution in [3.63, 3.8) is 0 Å². The van der Waals surface area contributed by atoms with Crippen LogP contribution in [0.25, 0.3) is 0 Å². The van der Waals surface area contributed by atoms with Gasteiger partial charge in [0.25, 0.3) is 0 Å². The van der Waals surface area contributed by atoms with Crippen LogP contribution in [0, 0.1) is 16.7 Å². The summed E-state index contributed by atoms with van der Waals surface area (Å²) in [4.78, 5) is 0. The smallest absolute Gasteiger partial charge is 0.157 e. The van der Waals surface area contributed by atoms with E-state index in [0.717, 1.165) is 5.92 Å². The second-order valence-corrected chi connectivity index (χ2v) is 8.61. The molecule has 0 amide bonds. The number of rotatable bonds is 1. The predicted octanol–water partition coefficient (Wildman–Crippen LogP) is 4.35. The van der Waals surface area contributed by atoms with Crippen LogP contribution >= 0.6 is 0 Å². The van der Waals surface area contributed by atoms with E-state index in [0.29, 0.717) is 10.8 Å². The average molecular weight is 272 g/mol. The Balaban J connectivity index is 1.82. The number of aromatic hydroxyl groups is 2. The third kappa shape index (κ3) is 1.63. The number of benzene rings is 1. The van der Waals surface area contributed by atoms with Gasteiger partial charge in [-0.15, -0.1) is 0 Å². The molecule has 2 atom stereocenters. The molecule has 5 rings (SSSR count). The molecule has 4 saturated carbocycles. The van der Waals surface area contributed by atoms with Gasteiger partial charge in [0.2, 0.25) is 0 Å². The minimum Gasteiger partial charge on any atom is -0.504 e. The largest absolute Gasteiger partial charge is 0.504 e. The van der Waals surface area contributed by atoms with Crippen molar-refractivity contribution < 1.29 is 10.2 Å². The zero-order valence-corrected chi connectivity index (χ0v) is 12.4. The molecule has 4 bridgehead atoms. The van der Waals surface area contributed by atoms with Crippen molar-refractivity contribution in [2.75, 3.05) is 0 Å². The lowest BCUT2D eigenvalue weighted by Gasteiger charge is -2.65. The van der Waals surface area contributed by atoms with E-state index >= 15 is 0 Å². The zero-order valence-electron chi connectivity index (χ0n) is 12.4. The molecule has 20 heavy (non-hydrogen) atoms. The van der Waals surface area contributed by atoms with E-state index in [9.17, 15) is 10.2 Å². The Morgan fingerprint density at radius 2 is 1.55 bits per heavy atom. The Labute approximate surface area is 120 Å². The average Bonchev–Trinajstić information content (AvgIpc) is 2.27. The van der Waals surface area contributed by atoms with Crippen molar-refractivity contribution in [1.82, 2.24) is 0 Å². The van der Waals surface area contributed by atoms with Crippen LogP contribution in [0.15, 0.2) is 18.2 Å². The number of phenolic OH excluding ortho intramolecular Hbond substituents is 2. The molecule has 4 fully saturated rings. The highest BCUT2D eigenvalue weighted by molar-refractivity contribution is 5.44. The molecule has 108 valence electrons. The molecule has 2 N–H and O–H groups in total. The van der Waals surface area contributed by atoms with Gasteiger partial charge < -0.3 is 10.2 Å². The van der Waals surface area contributed by atoms with Crippen molar-refractivity contribution in [2.24, 2.45) is 16.7 Å². The van der Waals surface area contributed by atoms with Gasteiger partial charge in [-0.1, -0.05) is 19.9 Å². The first-order chi connectivity index (χ1) is 9.32. The topological polar surface area (TPSA) is 40.5 Å². The molecule has 1 aromatic carbocycles. The second kappa shape index (κ2) is 3.52. The first-order valence-electron chi connectivity index (χ1n) is 7.84. The molecular formula is C18H24O2. The summed E-state index contributed by atoms with van der Waals surface area (Å²) in [5.74, 6) is 0.877. The zero-order chi connectivity index (χ0) is 14.2. The standard InChI is InChI=1S/C18H24O2/c1-16-6-12-7-17(2,9-16)11-18(8-12,10-16)13-3-4-14(19)15(20)5-13/h3-5,12,19-20H,6-11H2,1-2H3. The van der Waals surface area contributed by atoms with Crippen LogP contribution in [0.3, 0.4) is 0 Å². The number of hydrogen-bond acceptors (Lipinski definition) is 2. The van der Waals surface area contributed by atoms with Gasteiger partial charge in [0, 0.05) is 0 Å². The molecule has 0 aliphatic heterocycles. The first-order valence-corrected chi connectivity index (χ1v) is 7.84. The van der Waals surface area contributed by atoms with Gasteiger partial charge in [0.05, 0.1) is 0 Å². The third-order valence-electron chi connectivity index (χ3n) is 6.21. The maximum Gasteiger partial charge on any atom is 0.157 e. The first kappa shape index (κ1) is 12.6. The second-order valence-electron chi connectivity index (χ2n) is 8.61.